The van der Waals surface area contributed by atoms with Gasteiger partial charge in [0.15, 0.2) is 20.3 Å². The Hall–Kier alpha value is -3.68. The number of benzene rings is 2. The highest BCUT2D eigenvalue weighted by Gasteiger charge is 2.22. The Morgan fingerprint density at radius 3 is 2.37 bits per heavy atom. The molecule has 0 spiro atoms. The first-order valence-electron chi connectivity index (χ1n) is 12.6. The van der Waals surface area contributed by atoms with Gasteiger partial charge in [-0.25, -0.2) is 14.8 Å². The number of carbonyl (C=O) groups excluding carboxylic acids is 2. The largest absolute Gasteiger partial charge is 0.611 e. The zero-order valence-corrected chi connectivity index (χ0v) is 22.6. The summed E-state index contributed by atoms with van der Waals surface area (Å²) in [5.41, 5.74) is 4.03. The average Bonchev–Trinajstić information content (AvgIpc) is 2.93. The fourth-order valence-electron chi connectivity index (χ4n) is 3.69. The summed E-state index contributed by atoms with van der Waals surface area (Å²) in [5.74, 6) is -0.0663. The van der Waals surface area contributed by atoms with Crippen molar-refractivity contribution < 1.29 is 19.2 Å². The number of rotatable bonds is 13. The van der Waals surface area contributed by atoms with Gasteiger partial charge in [0.25, 0.3) is 0 Å². The molecule has 200 valence electrons. The number of ether oxygens (including phenoxy) is 1. The van der Waals surface area contributed by atoms with Crippen molar-refractivity contribution in [1.29, 1.82) is 0 Å². The van der Waals surface area contributed by atoms with Crippen molar-refractivity contribution in [3.8, 4) is 11.1 Å². The molecule has 2 amide bonds. The maximum atomic E-state index is 12.8. The predicted molar refractivity (Wildman–Crippen MR) is 146 cm³/mol. The van der Waals surface area contributed by atoms with Gasteiger partial charge < -0.3 is 14.9 Å². The second-order valence-corrected chi connectivity index (χ2v) is 10.5. The number of carbonyl (C=O) groups is 2. The smallest absolute Gasteiger partial charge is 0.410 e. The lowest BCUT2D eigenvalue weighted by Crippen LogP contribution is -2.35. The zero-order chi connectivity index (χ0) is 27.2. The molecule has 0 fully saturated rings. The molecule has 1 aromatic heterocycles. The molecule has 0 aliphatic carbocycles. The van der Waals surface area contributed by atoms with Gasteiger partial charge in [-0.15, -0.1) is 0 Å². The molecule has 0 bridgehead atoms. The molecule has 1 unspecified atom stereocenters. The maximum Gasteiger partial charge on any atom is 0.410 e. The van der Waals surface area contributed by atoms with Crippen molar-refractivity contribution in [2.45, 2.75) is 45.8 Å². The Balaban J connectivity index is 1.42. The van der Waals surface area contributed by atoms with E-state index in [1.165, 1.54) is 6.33 Å². The van der Waals surface area contributed by atoms with Crippen molar-refractivity contribution in [2.24, 2.45) is 10.7 Å². The van der Waals surface area contributed by atoms with Gasteiger partial charge in [0.2, 0.25) is 5.91 Å². The van der Waals surface area contributed by atoms with Crippen molar-refractivity contribution in [3.63, 3.8) is 0 Å². The number of aromatic nitrogens is 2. The number of hydrogen-bond acceptors (Lipinski definition) is 7. The minimum absolute atomic E-state index is 0.116. The number of nitrogens with one attached hydrogen (secondary N) is 2. The standard InChI is InChI=1S/C28H34N5O4P/c1-21(2)15-26(33-38(36)20-32-28(35)37-18-23-7-4-3-5-8-23)27(34)31-14-6-9-22-10-12-24(13-11-22)25-16-29-19-30-17-25/h3-5,7-8,10-13,16-17,19,21,26H,6,9,14-15,18,20H2,1-2H3,(H,31,34)(H,32,35)/t26-/m0/s1. The normalized spacial score (nSPS) is 12.2. The third kappa shape index (κ3) is 10.4. The fourth-order valence-corrected chi connectivity index (χ4v) is 4.55. The lowest BCUT2D eigenvalue weighted by Gasteiger charge is -2.14. The van der Waals surface area contributed by atoms with Crippen LogP contribution >= 0.6 is 7.94 Å². The van der Waals surface area contributed by atoms with Crippen LogP contribution in [0.25, 0.3) is 11.1 Å². The van der Waals surface area contributed by atoms with Crippen molar-refractivity contribution >= 4 is 19.9 Å². The first kappa shape index (κ1) is 28.9. The van der Waals surface area contributed by atoms with Crippen LogP contribution in [0.2, 0.25) is 0 Å². The molecule has 0 saturated heterocycles. The quantitative estimate of drug-likeness (QED) is 0.246. The highest BCUT2D eigenvalue weighted by molar-refractivity contribution is 7.39. The van der Waals surface area contributed by atoms with Crippen molar-refractivity contribution in [1.82, 2.24) is 20.6 Å². The molecule has 2 aromatic carbocycles. The van der Waals surface area contributed by atoms with Gasteiger partial charge in [-0.05, 0) is 41.9 Å². The summed E-state index contributed by atoms with van der Waals surface area (Å²) < 4.78 is 9.32. The van der Waals surface area contributed by atoms with E-state index in [-0.39, 0.29) is 24.7 Å². The van der Waals surface area contributed by atoms with E-state index in [1.807, 2.05) is 56.3 Å². The number of aryl methyl sites for hydroxylation is 1. The molecule has 38 heavy (non-hydrogen) atoms. The number of amides is 2. The minimum Gasteiger partial charge on any atom is -0.611 e. The molecule has 3 rings (SSSR count). The molecule has 0 radical (unpaired) electrons. The first-order valence-corrected chi connectivity index (χ1v) is 14.0. The highest BCUT2D eigenvalue weighted by Crippen LogP contribution is 2.20. The molecule has 9 nitrogen and oxygen atoms in total. The van der Waals surface area contributed by atoms with Crippen LogP contribution in [0.3, 0.4) is 0 Å². The molecular weight excluding hydrogens is 501 g/mol. The summed E-state index contributed by atoms with van der Waals surface area (Å²) in [4.78, 5) is 45.3. The minimum atomic E-state index is -2.16. The van der Waals surface area contributed by atoms with Crippen LogP contribution < -0.4 is 15.5 Å². The molecule has 10 heteroatoms. The van der Waals surface area contributed by atoms with E-state index < -0.39 is 20.1 Å². The lowest BCUT2D eigenvalue weighted by molar-refractivity contribution is -0.156. The average molecular weight is 536 g/mol. The van der Waals surface area contributed by atoms with Gasteiger partial charge in [0.05, 0.1) is 0 Å². The summed E-state index contributed by atoms with van der Waals surface area (Å²) in [7, 11) is -2.16. The third-order valence-corrected chi connectivity index (χ3v) is 6.59. The monoisotopic (exact) mass is 535 g/mol. The van der Waals surface area contributed by atoms with Gasteiger partial charge in [-0.1, -0.05) is 73.2 Å². The second kappa shape index (κ2) is 15.5. The fraction of sp³-hybridized carbons (Fsp3) is 0.357. The first-order chi connectivity index (χ1) is 18.4. The van der Waals surface area contributed by atoms with E-state index in [2.05, 4.69) is 37.5 Å². The second-order valence-electron chi connectivity index (χ2n) is 9.23. The van der Waals surface area contributed by atoms with E-state index >= 15 is 0 Å². The molecule has 0 saturated carbocycles. The molecule has 1 heterocycles. The van der Waals surface area contributed by atoms with Crippen LogP contribution in [-0.2, 0) is 22.6 Å². The van der Waals surface area contributed by atoms with E-state index in [0.29, 0.717) is 13.0 Å². The number of hydrogen-bond donors (Lipinski definition) is 2. The van der Waals surface area contributed by atoms with E-state index in [4.69, 9.17) is 4.74 Å². The molecule has 0 aliphatic rings. The Labute approximate surface area is 224 Å². The highest BCUT2D eigenvalue weighted by atomic mass is 31.1. The van der Waals surface area contributed by atoms with E-state index in [0.717, 1.165) is 35.1 Å². The van der Waals surface area contributed by atoms with Crippen LogP contribution in [0, 0.1) is 5.92 Å². The lowest BCUT2D eigenvalue weighted by atomic mass is 10.0. The SMILES string of the molecule is CC(C)C[C@H](N=[P+]([O-])CNC(=O)OCc1ccccc1)C(=O)NCCCc1ccc(-c2cncnc2)cc1. The Morgan fingerprint density at radius 2 is 1.68 bits per heavy atom. The van der Waals surface area contributed by atoms with Crippen LogP contribution in [-0.4, -0.2) is 40.8 Å². The molecule has 3 aromatic rings. The molecule has 2 N–H and O–H groups in total. The van der Waals surface area contributed by atoms with E-state index in [1.54, 1.807) is 12.4 Å². The summed E-state index contributed by atoms with van der Waals surface area (Å²) >= 11 is 0. The summed E-state index contributed by atoms with van der Waals surface area (Å²) in [6.45, 7) is 4.56. The van der Waals surface area contributed by atoms with Gasteiger partial charge in [0, 0.05) is 24.5 Å². The van der Waals surface area contributed by atoms with Crippen LogP contribution in [0.4, 0.5) is 4.79 Å². The summed E-state index contributed by atoms with van der Waals surface area (Å²) in [5, 5.41) is 5.37. The Kier molecular flexibility index (Phi) is 11.8. The molecule has 0 aliphatic heterocycles. The van der Waals surface area contributed by atoms with Gasteiger partial charge in [0.1, 0.15) is 12.9 Å². The van der Waals surface area contributed by atoms with Crippen molar-refractivity contribution in [2.75, 3.05) is 12.8 Å². The molecular formula is C28H34N5O4P. The summed E-state index contributed by atoms with van der Waals surface area (Å²) in [6, 6.07) is 16.7. The van der Waals surface area contributed by atoms with Crippen LogP contribution in [0.5, 0.6) is 0 Å². The van der Waals surface area contributed by atoms with Crippen molar-refractivity contribution in [3.05, 3.63) is 84.4 Å². The van der Waals surface area contributed by atoms with Gasteiger partial charge in [-0.3, -0.25) is 10.1 Å². The predicted octanol–water partition coefficient (Wildman–Crippen LogP) is 4.43. The maximum absolute atomic E-state index is 12.8. The van der Waals surface area contributed by atoms with Gasteiger partial charge >= 0.3 is 6.09 Å². The summed E-state index contributed by atoms with van der Waals surface area (Å²) in [6.07, 6.45) is 6.23. The Bertz CT molecular complexity index is 1170. The number of nitrogens with zero attached hydrogens (tertiary/aromatic N) is 3. The van der Waals surface area contributed by atoms with Crippen LogP contribution in [0.15, 0.2) is 78.1 Å². The van der Waals surface area contributed by atoms with Crippen LogP contribution in [0.1, 0.15) is 37.8 Å². The topological polar surface area (TPSA) is 129 Å². The van der Waals surface area contributed by atoms with E-state index in [9.17, 15) is 14.5 Å². The zero-order valence-electron chi connectivity index (χ0n) is 21.7. The third-order valence-electron chi connectivity index (χ3n) is 5.63. The number of alkyl carbamates (subject to hydrolysis) is 1. The molecule has 2 atom stereocenters. The Morgan fingerprint density at radius 1 is 0.974 bits per heavy atom. The van der Waals surface area contributed by atoms with Gasteiger partial charge in [-0.2, -0.15) is 0 Å².